The van der Waals surface area contributed by atoms with Gasteiger partial charge in [0.15, 0.2) is 0 Å². The van der Waals surface area contributed by atoms with Gasteiger partial charge in [0.2, 0.25) is 0 Å². The summed E-state index contributed by atoms with van der Waals surface area (Å²) in [7, 11) is 0. The van der Waals surface area contributed by atoms with Crippen LogP contribution < -0.4 is 5.73 Å². The Morgan fingerprint density at radius 2 is 2.18 bits per heavy atom. The van der Waals surface area contributed by atoms with Gasteiger partial charge in [-0.1, -0.05) is 13.8 Å². The maximum absolute atomic E-state index is 6.12. The van der Waals surface area contributed by atoms with Gasteiger partial charge in [0.25, 0.3) is 0 Å². The number of nitrogens with two attached hydrogens (primary N) is 1. The molecule has 0 aromatic heterocycles. The maximum Gasteiger partial charge on any atom is 0.0939 e. The first-order chi connectivity index (χ1) is 8.11. The van der Waals surface area contributed by atoms with E-state index in [1.54, 1.807) is 0 Å². The van der Waals surface area contributed by atoms with Crippen molar-refractivity contribution in [3.8, 4) is 0 Å². The molecule has 0 amide bonds. The highest BCUT2D eigenvalue weighted by molar-refractivity contribution is 4.90. The van der Waals surface area contributed by atoms with Crippen LogP contribution in [0.15, 0.2) is 0 Å². The lowest BCUT2D eigenvalue weighted by Gasteiger charge is -2.37. The Kier molecular flexibility index (Phi) is 4.45. The zero-order valence-corrected chi connectivity index (χ0v) is 11.3. The fraction of sp³-hybridized carbons (Fsp3) is 1.00. The van der Waals surface area contributed by atoms with Gasteiger partial charge < -0.3 is 15.2 Å². The third kappa shape index (κ3) is 3.43. The zero-order valence-electron chi connectivity index (χ0n) is 11.3. The Morgan fingerprint density at radius 1 is 1.35 bits per heavy atom. The minimum absolute atomic E-state index is 0.0604. The smallest absolute Gasteiger partial charge is 0.0939 e. The lowest BCUT2D eigenvalue weighted by molar-refractivity contribution is -0.0992. The molecule has 3 nitrogen and oxygen atoms in total. The standard InChI is InChI=1S/C14H27NO2/c1-11(2)13(15)4-3-12-5-7-17-14(9-12)6-8-16-10-14/h11-13H,3-10,15H2,1-2H3. The van der Waals surface area contributed by atoms with Crippen LogP contribution in [0.25, 0.3) is 0 Å². The molecule has 3 heteroatoms. The van der Waals surface area contributed by atoms with Crippen LogP contribution in [0.4, 0.5) is 0 Å². The van der Waals surface area contributed by atoms with E-state index < -0.39 is 0 Å². The molecule has 0 radical (unpaired) electrons. The van der Waals surface area contributed by atoms with Gasteiger partial charge in [-0.3, -0.25) is 0 Å². The van der Waals surface area contributed by atoms with E-state index in [1.807, 2.05) is 0 Å². The zero-order chi connectivity index (χ0) is 12.3. The summed E-state index contributed by atoms with van der Waals surface area (Å²) in [4.78, 5) is 0. The van der Waals surface area contributed by atoms with Gasteiger partial charge in [0.05, 0.1) is 12.2 Å². The molecule has 2 aliphatic heterocycles. The average Bonchev–Trinajstić information content (AvgIpc) is 2.74. The molecule has 0 saturated carbocycles. The van der Waals surface area contributed by atoms with Gasteiger partial charge in [-0.25, -0.2) is 0 Å². The Morgan fingerprint density at radius 3 is 2.82 bits per heavy atom. The summed E-state index contributed by atoms with van der Waals surface area (Å²) in [6.07, 6.45) is 5.87. The van der Waals surface area contributed by atoms with Crippen molar-refractivity contribution in [2.24, 2.45) is 17.6 Å². The van der Waals surface area contributed by atoms with Crippen LogP contribution >= 0.6 is 0 Å². The van der Waals surface area contributed by atoms with Gasteiger partial charge in [-0.2, -0.15) is 0 Å². The van der Waals surface area contributed by atoms with Crippen LogP contribution in [0.3, 0.4) is 0 Å². The monoisotopic (exact) mass is 241 g/mol. The average molecular weight is 241 g/mol. The van der Waals surface area contributed by atoms with Crippen LogP contribution in [0.1, 0.15) is 46.0 Å². The van der Waals surface area contributed by atoms with Crippen molar-refractivity contribution in [3.63, 3.8) is 0 Å². The van der Waals surface area contributed by atoms with Crippen LogP contribution in [0.5, 0.6) is 0 Å². The third-order valence-corrected chi connectivity index (χ3v) is 4.43. The van der Waals surface area contributed by atoms with E-state index in [0.29, 0.717) is 12.0 Å². The minimum atomic E-state index is 0.0604. The van der Waals surface area contributed by atoms with Crippen LogP contribution in [-0.4, -0.2) is 31.5 Å². The van der Waals surface area contributed by atoms with Gasteiger partial charge in [-0.05, 0) is 37.5 Å². The largest absolute Gasteiger partial charge is 0.378 e. The van der Waals surface area contributed by atoms with Crippen LogP contribution in [0, 0.1) is 11.8 Å². The van der Waals surface area contributed by atoms with Gasteiger partial charge in [0, 0.05) is 25.7 Å². The lowest BCUT2D eigenvalue weighted by Crippen LogP contribution is -2.40. The Labute approximate surface area is 105 Å². The number of hydrogen-bond donors (Lipinski definition) is 1. The Balaban J connectivity index is 1.77. The highest BCUT2D eigenvalue weighted by atomic mass is 16.6. The highest BCUT2D eigenvalue weighted by Gasteiger charge is 2.40. The van der Waals surface area contributed by atoms with E-state index in [0.717, 1.165) is 38.6 Å². The number of hydrogen-bond acceptors (Lipinski definition) is 3. The molecule has 2 saturated heterocycles. The summed E-state index contributed by atoms with van der Waals surface area (Å²) in [6.45, 7) is 7.00. The van der Waals surface area contributed by atoms with Crippen molar-refractivity contribution in [3.05, 3.63) is 0 Å². The second kappa shape index (κ2) is 5.68. The quantitative estimate of drug-likeness (QED) is 0.821. The molecule has 100 valence electrons. The predicted molar refractivity (Wildman–Crippen MR) is 68.9 cm³/mol. The number of ether oxygens (including phenoxy) is 2. The Hall–Kier alpha value is -0.120. The molecular weight excluding hydrogens is 214 g/mol. The summed E-state index contributed by atoms with van der Waals surface area (Å²) >= 11 is 0. The summed E-state index contributed by atoms with van der Waals surface area (Å²) in [6, 6.07) is 0.355. The van der Waals surface area contributed by atoms with Crippen molar-refractivity contribution in [1.82, 2.24) is 0 Å². The second-order valence-corrected chi connectivity index (χ2v) is 6.18. The van der Waals surface area contributed by atoms with E-state index >= 15 is 0 Å². The molecular formula is C14H27NO2. The first kappa shape index (κ1) is 13.3. The Bertz CT molecular complexity index is 236. The summed E-state index contributed by atoms with van der Waals surface area (Å²) in [5.41, 5.74) is 6.18. The van der Waals surface area contributed by atoms with E-state index in [-0.39, 0.29) is 5.60 Å². The lowest BCUT2D eigenvalue weighted by atomic mass is 9.81. The molecule has 2 rings (SSSR count). The molecule has 1 spiro atoms. The van der Waals surface area contributed by atoms with Crippen LogP contribution in [-0.2, 0) is 9.47 Å². The van der Waals surface area contributed by atoms with E-state index in [4.69, 9.17) is 15.2 Å². The topological polar surface area (TPSA) is 44.5 Å². The molecule has 17 heavy (non-hydrogen) atoms. The first-order valence-corrected chi connectivity index (χ1v) is 7.09. The van der Waals surface area contributed by atoms with E-state index in [1.165, 1.54) is 19.3 Å². The highest BCUT2D eigenvalue weighted by Crippen LogP contribution is 2.37. The van der Waals surface area contributed by atoms with E-state index in [2.05, 4.69) is 13.8 Å². The predicted octanol–water partition coefficient (Wildman–Crippen LogP) is 2.34. The molecule has 0 aliphatic carbocycles. The van der Waals surface area contributed by atoms with Gasteiger partial charge >= 0.3 is 0 Å². The minimum Gasteiger partial charge on any atom is -0.378 e. The first-order valence-electron chi connectivity index (χ1n) is 7.09. The molecule has 0 aromatic carbocycles. The van der Waals surface area contributed by atoms with Crippen molar-refractivity contribution < 1.29 is 9.47 Å². The molecule has 2 heterocycles. The summed E-state index contributed by atoms with van der Waals surface area (Å²) in [5.74, 6) is 1.38. The van der Waals surface area contributed by atoms with Crippen molar-refractivity contribution in [1.29, 1.82) is 0 Å². The molecule has 3 atom stereocenters. The molecule has 0 aromatic rings. The molecule has 0 bridgehead atoms. The SMILES string of the molecule is CC(C)C(N)CCC1CCOC2(CCOC2)C1. The van der Waals surface area contributed by atoms with Gasteiger partial charge in [0.1, 0.15) is 0 Å². The second-order valence-electron chi connectivity index (χ2n) is 6.18. The molecule has 2 fully saturated rings. The number of rotatable bonds is 4. The van der Waals surface area contributed by atoms with Crippen molar-refractivity contribution in [2.75, 3.05) is 19.8 Å². The molecule has 3 unspecified atom stereocenters. The normalized spacial score (nSPS) is 35.6. The third-order valence-electron chi connectivity index (χ3n) is 4.43. The fourth-order valence-corrected chi connectivity index (χ4v) is 3.00. The van der Waals surface area contributed by atoms with E-state index in [9.17, 15) is 0 Å². The maximum atomic E-state index is 6.12. The van der Waals surface area contributed by atoms with Gasteiger partial charge in [-0.15, -0.1) is 0 Å². The fourth-order valence-electron chi connectivity index (χ4n) is 3.00. The van der Waals surface area contributed by atoms with Crippen LogP contribution in [0.2, 0.25) is 0 Å². The van der Waals surface area contributed by atoms with Crippen molar-refractivity contribution in [2.45, 2.75) is 57.6 Å². The summed E-state index contributed by atoms with van der Waals surface area (Å²) < 4.78 is 11.5. The summed E-state index contributed by atoms with van der Waals surface area (Å²) in [5, 5.41) is 0. The molecule has 2 aliphatic rings. The van der Waals surface area contributed by atoms with Crippen molar-refractivity contribution >= 4 is 0 Å². The molecule has 2 N–H and O–H groups in total.